The summed E-state index contributed by atoms with van der Waals surface area (Å²) in [6, 6.07) is 11.4. The maximum absolute atomic E-state index is 12.2. The second-order valence-corrected chi connectivity index (χ2v) is 7.60. The quantitative estimate of drug-likeness (QED) is 0.533. The van der Waals surface area contributed by atoms with E-state index in [4.69, 9.17) is 9.47 Å². The first-order chi connectivity index (χ1) is 12.9. The number of carbonyl (C=O) groups is 1. The molecule has 0 aliphatic rings. The lowest BCUT2D eigenvalue weighted by atomic mass is 10.1. The van der Waals surface area contributed by atoms with Crippen LogP contribution in [0.5, 0.6) is 11.5 Å². The van der Waals surface area contributed by atoms with Crippen molar-refractivity contribution in [2.24, 2.45) is 5.92 Å². The van der Waals surface area contributed by atoms with Gasteiger partial charge in [0.25, 0.3) is 0 Å². The van der Waals surface area contributed by atoms with Crippen LogP contribution < -0.4 is 14.8 Å². The first kappa shape index (κ1) is 21.0. The number of halogens is 1. The third kappa shape index (κ3) is 6.75. The Labute approximate surface area is 169 Å². The Morgan fingerprint density at radius 2 is 1.96 bits per heavy atom. The number of amides is 1. The molecule has 0 heterocycles. The highest BCUT2D eigenvalue weighted by Gasteiger charge is 2.06. The Bertz CT molecular complexity index is 815. The van der Waals surface area contributed by atoms with E-state index in [0.717, 1.165) is 27.7 Å². The van der Waals surface area contributed by atoms with Gasteiger partial charge in [-0.2, -0.15) is 0 Å². The van der Waals surface area contributed by atoms with Crippen LogP contribution in [-0.4, -0.2) is 19.6 Å². The average molecular weight is 432 g/mol. The highest BCUT2D eigenvalue weighted by molar-refractivity contribution is 9.10. The number of benzene rings is 2. The van der Waals surface area contributed by atoms with Crippen molar-refractivity contribution in [2.45, 2.75) is 27.2 Å². The number of anilines is 1. The Hall–Kier alpha value is -2.27. The molecule has 0 fully saturated rings. The van der Waals surface area contributed by atoms with Gasteiger partial charge in [0.15, 0.2) is 11.5 Å². The molecule has 0 unspecified atom stereocenters. The van der Waals surface area contributed by atoms with Gasteiger partial charge in [0.05, 0.1) is 19.4 Å². The zero-order valence-electron chi connectivity index (χ0n) is 16.2. The Balaban J connectivity index is 2.01. The minimum absolute atomic E-state index is 0.198. The number of aryl methyl sites for hydroxylation is 1. The van der Waals surface area contributed by atoms with Crippen molar-refractivity contribution in [3.8, 4) is 11.5 Å². The van der Waals surface area contributed by atoms with Gasteiger partial charge in [-0.05, 0) is 76.7 Å². The maximum Gasteiger partial charge on any atom is 0.248 e. The minimum atomic E-state index is -0.198. The first-order valence-electron chi connectivity index (χ1n) is 8.95. The summed E-state index contributed by atoms with van der Waals surface area (Å²) in [5.41, 5.74) is 2.72. The summed E-state index contributed by atoms with van der Waals surface area (Å²) < 4.78 is 12.1. The first-order valence-corrected chi connectivity index (χ1v) is 9.74. The van der Waals surface area contributed by atoms with E-state index in [-0.39, 0.29) is 5.91 Å². The average Bonchev–Trinajstić information content (AvgIpc) is 2.62. The summed E-state index contributed by atoms with van der Waals surface area (Å²) in [4.78, 5) is 12.2. The van der Waals surface area contributed by atoms with Crippen molar-refractivity contribution in [2.75, 3.05) is 19.0 Å². The molecule has 0 aliphatic heterocycles. The summed E-state index contributed by atoms with van der Waals surface area (Å²) in [7, 11) is 1.61. The summed E-state index contributed by atoms with van der Waals surface area (Å²) in [6.07, 6.45) is 4.23. The van der Waals surface area contributed by atoms with Crippen molar-refractivity contribution in [1.29, 1.82) is 0 Å². The fraction of sp³-hybridized carbons (Fsp3) is 0.318. The van der Waals surface area contributed by atoms with Gasteiger partial charge in [-0.1, -0.05) is 26.0 Å². The lowest BCUT2D eigenvalue weighted by molar-refractivity contribution is -0.111. The van der Waals surface area contributed by atoms with E-state index in [1.54, 1.807) is 13.2 Å². The second kappa shape index (κ2) is 10.2. The Morgan fingerprint density at radius 1 is 1.19 bits per heavy atom. The predicted octanol–water partition coefficient (Wildman–Crippen LogP) is 5.84. The van der Waals surface area contributed by atoms with Crippen LogP contribution in [0.15, 0.2) is 46.9 Å². The Morgan fingerprint density at radius 3 is 2.63 bits per heavy atom. The lowest BCUT2D eigenvalue weighted by Crippen LogP contribution is -2.08. The largest absolute Gasteiger partial charge is 0.493 e. The van der Waals surface area contributed by atoms with Gasteiger partial charge in [0, 0.05) is 10.5 Å². The van der Waals surface area contributed by atoms with Crippen molar-refractivity contribution in [3.63, 3.8) is 0 Å². The van der Waals surface area contributed by atoms with E-state index < -0.39 is 0 Å². The van der Waals surface area contributed by atoms with Crippen LogP contribution in [0, 0.1) is 12.8 Å². The fourth-order valence-corrected chi connectivity index (χ4v) is 2.97. The number of hydrogen-bond acceptors (Lipinski definition) is 3. The van der Waals surface area contributed by atoms with Crippen LogP contribution in [-0.2, 0) is 4.79 Å². The topological polar surface area (TPSA) is 47.6 Å². The molecule has 2 rings (SSSR count). The highest BCUT2D eigenvalue weighted by Crippen LogP contribution is 2.29. The smallest absolute Gasteiger partial charge is 0.248 e. The van der Waals surface area contributed by atoms with E-state index in [1.807, 2.05) is 43.3 Å². The summed E-state index contributed by atoms with van der Waals surface area (Å²) in [6.45, 7) is 6.97. The van der Waals surface area contributed by atoms with Crippen LogP contribution in [0.3, 0.4) is 0 Å². The summed E-state index contributed by atoms with van der Waals surface area (Å²) in [5.74, 6) is 1.76. The van der Waals surface area contributed by atoms with E-state index in [2.05, 4.69) is 35.1 Å². The number of hydrogen-bond donors (Lipinski definition) is 1. The van der Waals surface area contributed by atoms with Crippen LogP contribution >= 0.6 is 15.9 Å². The number of nitrogens with one attached hydrogen (secondary N) is 1. The second-order valence-electron chi connectivity index (χ2n) is 6.75. The molecule has 144 valence electrons. The van der Waals surface area contributed by atoms with Crippen molar-refractivity contribution < 1.29 is 14.3 Å². The van der Waals surface area contributed by atoms with E-state index in [9.17, 15) is 4.79 Å². The monoisotopic (exact) mass is 431 g/mol. The molecule has 0 saturated carbocycles. The molecule has 0 aliphatic carbocycles. The van der Waals surface area contributed by atoms with Gasteiger partial charge < -0.3 is 14.8 Å². The predicted molar refractivity (Wildman–Crippen MR) is 114 cm³/mol. The molecule has 4 nitrogen and oxygen atoms in total. The van der Waals surface area contributed by atoms with Gasteiger partial charge in [-0.3, -0.25) is 4.79 Å². The van der Waals surface area contributed by atoms with Gasteiger partial charge in [-0.15, -0.1) is 0 Å². The molecule has 0 saturated heterocycles. The van der Waals surface area contributed by atoms with Crippen LogP contribution in [0.1, 0.15) is 31.4 Å². The molecule has 27 heavy (non-hydrogen) atoms. The lowest BCUT2D eigenvalue weighted by Gasteiger charge is -2.12. The normalized spacial score (nSPS) is 11.0. The number of ether oxygens (including phenoxy) is 2. The molecular weight excluding hydrogens is 406 g/mol. The summed E-state index contributed by atoms with van der Waals surface area (Å²) in [5, 5.41) is 2.86. The fourth-order valence-electron chi connectivity index (χ4n) is 2.38. The SMILES string of the molecule is COc1cc(C=CC(=O)Nc2ccc(C)cc2Br)ccc1OCCC(C)C. The maximum atomic E-state index is 12.2. The Kier molecular flexibility index (Phi) is 7.92. The van der Waals surface area contributed by atoms with Crippen LogP contribution in [0.25, 0.3) is 6.08 Å². The molecular formula is C22H26BrNO3. The molecule has 0 aromatic heterocycles. The molecule has 1 amide bonds. The molecule has 1 N–H and O–H groups in total. The summed E-state index contributed by atoms with van der Waals surface area (Å²) >= 11 is 3.46. The van der Waals surface area contributed by atoms with Gasteiger partial charge in [0.2, 0.25) is 5.91 Å². The molecule has 0 atom stereocenters. The molecule has 5 heteroatoms. The molecule has 2 aromatic carbocycles. The standard InChI is InChI=1S/C22H26BrNO3/c1-15(2)11-12-27-20-9-6-17(14-21(20)26-4)7-10-22(25)24-19-8-5-16(3)13-18(19)23/h5-10,13-15H,11-12H2,1-4H3,(H,24,25). The van der Waals surface area contributed by atoms with E-state index in [0.29, 0.717) is 24.0 Å². The van der Waals surface area contributed by atoms with Crippen molar-refractivity contribution in [1.82, 2.24) is 0 Å². The van der Waals surface area contributed by atoms with E-state index in [1.165, 1.54) is 6.08 Å². The number of methoxy groups -OCH3 is 1. The third-order valence-electron chi connectivity index (χ3n) is 3.95. The van der Waals surface area contributed by atoms with Gasteiger partial charge >= 0.3 is 0 Å². The van der Waals surface area contributed by atoms with Crippen LogP contribution in [0.4, 0.5) is 5.69 Å². The molecule has 0 spiro atoms. The molecule has 0 radical (unpaired) electrons. The zero-order valence-corrected chi connectivity index (χ0v) is 17.8. The zero-order chi connectivity index (χ0) is 19.8. The van der Waals surface area contributed by atoms with Gasteiger partial charge in [-0.25, -0.2) is 0 Å². The van der Waals surface area contributed by atoms with E-state index >= 15 is 0 Å². The third-order valence-corrected chi connectivity index (χ3v) is 4.61. The van der Waals surface area contributed by atoms with Crippen molar-refractivity contribution >= 4 is 33.6 Å². The van der Waals surface area contributed by atoms with Crippen LogP contribution in [0.2, 0.25) is 0 Å². The molecule has 0 bridgehead atoms. The minimum Gasteiger partial charge on any atom is -0.493 e. The highest BCUT2D eigenvalue weighted by atomic mass is 79.9. The molecule has 2 aromatic rings. The number of carbonyl (C=O) groups excluding carboxylic acids is 1. The number of rotatable bonds is 8. The van der Waals surface area contributed by atoms with Gasteiger partial charge in [0.1, 0.15) is 0 Å². The van der Waals surface area contributed by atoms with Crippen molar-refractivity contribution in [3.05, 3.63) is 58.1 Å².